The first kappa shape index (κ1) is 40.3. The summed E-state index contributed by atoms with van der Waals surface area (Å²) in [5.74, 6) is 0. The normalized spacial score (nSPS) is 12.1. The Balaban J connectivity index is 1.26. The highest BCUT2D eigenvalue weighted by atomic mass is 28.3. The van der Waals surface area contributed by atoms with Crippen LogP contribution in [0.4, 0.5) is 34.1 Å². The van der Waals surface area contributed by atoms with Gasteiger partial charge in [0.2, 0.25) is 0 Å². The van der Waals surface area contributed by atoms with Gasteiger partial charge in [-0.3, -0.25) is 0 Å². The van der Waals surface area contributed by atoms with Crippen LogP contribution in [-0.4, -0.2) is 20.7 Å². The predicted molar refractivity (Wildman–Crippen MR) is 273 cm³/mol. The first-order valence-electron chi connectivity index (χ1n) is 21.7. The van der Waals surface area contributed by atoms with Gasteiger partial charge in [-0.2, -0.15) is 0 Å². The molecular weight excluding hydrogens is 771 g/mol. The summed E-state index contributed by atoms with van der Waals surface area (Å²) in [5.41, 5.74) is 15.5. The third-order valence-electron chi connectivity index (χ3n) is 12.2. The molecule has 0 unspecified atom stereocenters. The van der Waals surface area contributed by atoms with Gasteiger partial charge in [0.15, 0.2) is 0 Å². The van der Waals surface area contributed by atoms with E-state index >= 15 is 0 Å². The Morgan fingerprint density at radius 3 is 1.31 bits per heavy atom. The number of fused-ring (bicyclic) bond motifs is 4. The minimum absolute atomic E-state index is 1.13. The number of rotatable bonds is 9. The lowest BCUT2D eigenvalue weighted by Gasteiger charge is -2.27. The highest BCUT2D eigenvalue weighted by Gasteiger charge is 2.22. The van der Waals surface area contributed by atoms with Crippen molar-refractivity contribution >= 4 is 93.2 Å². The van der Waals surface area contributed by atoms with Crippen molar-refractivity contribution in [1.82, 2.24) is 4.57 Å². The van der Waals surface area contributed by atoms with Gasteiger partial charge in [-0.05, 0) is 158 Å². The third kappa shape index (κ3) is 7.85. The molecule has 0 aliphatic rings. The predicted octanol–water partition coefficient (Wildman–Crippen LogP) is 15.2. The molecular formula is C56H57N3Si2. The fraction of sp³-hybridized carbons (Fsp3) is 0.179. The van der Waals surface area contributed by atoms with E-state index in [1.165, 1.54) is 70.9 Å². The summed E-state index contributed by atoms with van der Waals surface area (Å²) in [5, 5.41) is 7.85. The molecule has 1 heterocycles. The van der Waals surface area contributed by atoms with E-state index in [4.69, 9.17) is 0 Å². The number of anilines is 6. The molecule has 0 saturated heterocycles. The zero-order valence-corrected chi connectivity index (χ0v) is 39.4. The van der Waals surface area contributed by atoms with Crippen LogP contribution < -0.4 is 20.2 Å². The van der Waals surface area contributed by atoms with Crippen molar-refractivity contribution in [2.75, 3.05) is 9.80 Å². The van der Waals surface area contributed by atoms with Crippen molar-refractivity contribution in [1.29, 1.82) is 0 Å². The summed E-state index contributed by atoms with van der Waals surface area (Å²) in [6, 6.07) is 62.1. The number of hydrogen-bond acceptors (Lipinski definition) is 2. The molecule has 0 N–H and O–H groups in total. The Morgan fingerprint density at radius 1 is 0.344 bits per heavy atom. The van der Waals surface area contributed by atoms with E-state index in [0.29, 0.717) is 0 Å². The molecule has 0 fully saturated rings. The molecule has 304 valence electrons. The second-order valence-electron chi connectivity index (χ2n) is 19.2. The largest absolute Gasteiger partial charge is 0.310 e. The molecule has 0 aliphatic heterocycles. The van der Waals surface area contributed by atoms with Gasteiger partial charge in [-0.25, -0.2) is 0 Å². The lowest BCUT2D eigenvalue weighted by Crippen LogP contribution is -2.37. The van der Waals surface area contributed by atoms with E-state index in [1.54, 1.807) is 0 Å². The molecule has 9 rings (SSSR count). The summed E-state index contributed by atoms with van der Waals surface area (Å²) in [4.78, 5) is 4.83. The van der Waals surface area contributed by atoms with E-state index in [1.807, 2.05) is 0 Å². The van der Waals surface area contributed by atoms with Gasteiger partial charge in [-0.1, -0.05) is 116 Å². The Kier molecular flexibility index (Phi) is 10.2. The fourth-order valence-electron chi connectivity index (χ4n) is 9.02. The van der Waals surface area contributed by atoms with Gasteiger partial charge in [0.05, 0.1) is 27.2 Å². The summed E-state index contributed by atoms with van der Waals surface area (Å²) >= 11 is 0. The van der Waals surface area contributed by atoms with Crippen molar-refractivity contribution in [3.8, 4) is 5.69 Å². The van der Waals surface area contributed by atoms with Gasteiger partial charge < -0.3 is 14.4 Å². The lowest BCUT2D eigenvalue weighted by molar-refractivity contribution is 1.16. The lowest BCUT2D eigenvalue weighted by atomic mass is 10.0. The molecule has 5 heteroatoms. The van der Waals surface area contributed by atoms with Crippen LogP contribution in [0.1, 0.15) is 22.3 Å². The Labute approximate surface area is 364 Å². The van der Waals surface area contributed by atoms with Crippen LogP contribution in [-0.2, 0) is 0 Å². The van der Waals surface area contributed by atoms with Crippen molar-refractivity contribution in [3.05, 3.63) is 186 Å². The number of benzene rings is 8. The molecule has 0 atom stereocenters. The summed E-state index contributed by atoms with van der Waals surface area (Å²) in [6.45, 7) is 23.2. The van der Waals surface area contributed by atoms with Crippen LogP contribution in [0.25, 0.3) is 38.3 Å². The molecule has 0 spiro atoms. The molecule has 3 nitrogen and oxygen atoms in total. The molecule has 0 bridgehead atoms. The average molecular weight is 828 g/mol. The maximum Gasteiger partial charge on any atom is 0.0775 e. The van der Waals surface area contributed by atoms with Crippen molar-refractivity contribution in [2.45, 2.75) is 67.0 Å². The second-order valence-corrected chi connectivity index (χ2v) is 29.4. The topological polar surface area (TPSA) is 11.4 Å². The van der Waals surface area contributed by atoms with Crippen molar-refractivity contribution < 1.29 is 0 Å². The van der Waals surface area contributed by atoms with Gasteiger partial charge in [0.1, 0.15) is 0 Å². The SMILES string of the molecule is Cc1cccc(N(c2ccc([Si](C)(C)C)cc2)c2ccc3cc4c5ccc(N(c6ccc([Si](C)(C)C)cc6)c6cccc(C)c6)cc5n(-c5cc(C)cc(C)c5)c4cc3c2)c1. The maximum atomic E-state index is 2.50. The van der Waals surface area contributed by atoms with E-state index in [-0.39, 0.29) is 0 Å². The maximum absolute atomic E-state index is 2.50. The van der Waals surface area contributed by atoms with Gasteiger partial charge in [0.25, 0.3) is 0 Å². The average Bonchev–Trinajstić information content (AvgIpc) is 3.52. The monoisotopic (exact) mass is 827 g/mol. The highest BCUT2D eigenvalue weighted by Crippen LogP contribution is 2.42. The molecule has 0 saturated carbocycles. The minimum Gasteiger partial charge on any atom is -0.310 e. The number of aryl methyl sites for hydroxylation is 4. The van der Waals surface area contributed by atoms with Crippen LogP contribution in [0, 0.1) is 27.7 Å². The Bertz CT molecular complexity index is 3070. The Morgan fingerprint density at radius 2 is 0.803 bits per heavy atom. The van der Waals surface area contributed by atoms with Crippen LogP contribution in [0.15, 0.2) is 164 Å². The smallest absolute Gasteiger partial charge is 0.0775 e. The van der Waals surface area contributed by atoms with Crippen molar-refractivity contribution in [2.24, 2.45) is 0 Å². The van der Waals surface area contributed by atoms with Crippen LogP contribution in [0.2, 0.25) is 39.3 Å². The van der Waals surface area contributed by atoms with E-state index in [0.717, 1.165) is 34.1 Å². The second kappa shape index (κ2) is 15.4. The van der Waals surface area contributed by atoms with Gasteiger partial charge in [-0.15, -0.1) is 0 Å². The van der Waals surface area contributed by atoms with Crippen LogP contribution >= 0.6 is 0 Å². The molecule has 1 aromatic heterocycles. The quantitative estimate of drug-likeness (QED) is 0.134. The number of nitrogens with zero attached hydrogens (tertiary/aromatic N) is 3. The van der Waals surface area contributed by atoms with E-state index < -0.39 is 16.1 Å². The summed E-state index contributed by atoms with van der Waals surface area (Å²) < 4.78 is 2.50. The first-order valence-corrected chi connectivity index (χ1v) is 28.7. The Hall–Kier alpha value is -6.15. The molecule has 0 amide bonds. The molecule has 0 aliphatic carbocycles. The third-order valence-corrected chi connectivity index (χ3v) is 16.3. The number of hydrogen-bond donors (Lipinski definition) is 0. The van der Waals surface area contributed by atoms with Crippen molar-refractivity contribution in [3.63, 3.8) is 0 Å². The molecule has 0 radical (unpaired) electrons. The van der Waals surface area contributed by atoms with Crippen LogP contribution in [0.3, 0.4) is 0 Å². The standard InChI is InChI=1S/C56H57N3Si2/c1-38-13-11-15-46(30-38)57(44-19-24-51(25-20-44)60(5,6)7)48-18-17-42-35-54-53-28-23-49(37-56(53)59(55(54)36-43(42)34-48)50-32-40(3)29-41(4)33-50)58(47-16-12-14-39(2)31-47)45-21-26-52(27-22-45)61(8,9)10/h11-37H,1-10H3. The van der Waals surface area contributed by atoms with Gasteiger partial charge in [0, 0.05) is 50.6 Å². The molecule has 8 aromatic carbocycles. The van der Waals surface area contributed by atoms with Gasteiger partial charge >= 0.3 is 0 Å². The summed E-state index contributed by atoms with van der Waals surface area (Å²) in [7, 11) is -2.92. The van der Waals surface area contributed by atoms with E-state index in [9.17, 15) is 0 Å². The van der Waals surface area contributed by atoms with Crippen LogP contribution in [0.5, 0.6) is 0 Å². The first-order chi connectivity index (χ1) is 29.1. The molecule has 9 aromatic rings. The zero-order chi connectivity index (χ0) is 42.8. The molecule has 61 heavy (non-hydrogen) atoms. The number of aromatic nitrogens is 1. The van der Waals surface area contributed by atoms with E-state index in [2.05, 4.69) is 245 Å². The zero-order valence-electron chi connectivity index (χ0n) is 37.4. The summed E-state index contributed by atoms with van der Waals surface area (Å²) in [6.07, 6.45) is 0. The minimum atomic E-state index is -1.47. The highest BCUT2D eigenvalue weighted by molar-refractivity contribution is 6.89. The fourth-order valence-corrected chi connectivity index (χ4v) is 11.4.